The fourth-order valence-corrected chi connectivity index (χ4v) is 3.71. The number of likely N-dealkylation sites (N-methyl/N-ethyl adjacent to an activating group) is 1. The lowest BCUT2D eigenvalue weighted by atomic mass is 9.78. The normalized spacial score (nSPS) is 33.0. The second-order valence-electron chi connectivity index (χ2n) is 5.87. The van der Waals surface area contributed by atoms with E-state index >= 15 is 0 Å². The van der Waals surface area contributed by atoms with Crippen molar-refractivity contribution in [2.24, 2.45) is 5.92 Å². The Morgan fingerprint density at radius 1 is 1.11 bits per heavy atom. The highest BCUT2D eigenvalue weighted by atomic mass is 15.3. The van der Waals surface area contributed by atoms with Crippen LogP contribution in [0.1, 0.15) is 40.0 Å². The minimum atomic E-state index is 0.820. The molecule has 3 nitrogen and oxygen atoms in total. The largest absolute Gasteiger partial charge is 0.317 e. The van der Waals surface area contributed by atoms with Gasteiger partial charge in [0.1, 0.15) is 0 Å². The van der Waals surface area contributed by atoms with Gasteiger partial charge in [0, 0.05) is 25.2 Å². The zero-order valence-electron chi connectivity index (χ0n) is 12.5. The van der Waals surface area contributed by atoms with Crippen molar-refractivity contribution in [1.82, 2.24) is 15.1 Å². The molecule has 0 aromatic rings. The van der Waals surface area contributed by atoms with Crippen molar-refractivity contribution in [2.45, 2.75) is 52.1 Å². The van der Waals surface area contributed by atoms with Crippen LogP contribution in [0.3, 0.4) is 0 Å². The number of hydrogen-bond donors (Lipinski definition) is 1. The Bertz CT molecular complexity index is 240. The second kappa shape index (κ2) is 6.88. The molecule has 1 saturated carbocycles. The number of nitrogens with zero attached hydrogens (tertiary/aromatic N) is 2. The molecule has 0 spiro atoms. The average Bonchev–Trinajstić information content (AvgIpc) is 2.79. The molecule has 3 atom stereocenters. The highest BCUT2D eigenvalue weighted by Gasteiger charge is 2.39. The van der Waals surface area contributed by atoms with Crippen LogP contribution in [0.4, 0.5) is 0 Å². The van der Waals surface area contributed by atoms with Crippen molar-refractivity contribution in [3.05, 3.63) is 0 Å². The van der Waals surface area contributed by atoms with Crippen LogP contribution >= 0.6 is 0 Å². The zero-order valence-corrected chi connectivity index (χ0v) is 12.5. The van der Waals surface area contributed by atoms with Gasteiger partial charge in [-0.1, -0.05) is 20.8 Å². The number of rotatable bonds is 7. The predicted molar refractivity (Wildman–Crippen MR) is 78.0 cm³/mol. The summed E-state index contributed by atoms with van der Waals surface area (Å²) < 4.78 is 0. The van der Waals surface area contributed by atoms with E-state index in [1.807, 2.05) is 0 Å². The Morgan fingerprint density at radius 2 is 1.89 bits per heavy atom. The quantitative estimate of drug-likeness (QED) is 0.746. The average molecular weight is 253 g/mol. The molecule has 1 aliphatic heterocycles. The first-order valence-electron chi connectivity index (χ1n) is 7.98. The van der Waals surface area contributed by atoms with Gasteiger partial charge in [-0.05, 0) is 51.4 Å². The van der Waals surface area contributed by atoms with Crippen LogP contribution in [-0.4, -0.2) is 61.2 Å². The molecule has 0 radical (unpaired) electrons. The first kappa shape index (κ1) is 14.3. The zero-order chi connectivity index (χ0) is 13.0. The summed E-state index contributed by atoms with van der Waals surface area (Å²) in [4.78, 5) is 5.41. The van der Waals surface area contributed by atoms with Crippen molar-refractivity contribution in [3.63, 3.8) is 0 Å². The summed E-state index contributed by atoms with van der Waals surface area (Å²) in [5.74, 6) is 0.917. The Balaban J connectivity index is 1.78. The molecule has 106 valence electrons. The molecule has 1 N–H and O–H groups in total. The molecule has 1 aliphatic carbocycles. The number of likely N-dealkylation sites (tertiary alicyclic amines) is 1. The lowest BCUT2D eigenvalue weighted by Gasteiger charge is -2.43. The standard InChI is InChI=1S/C15H31N3/c1-4-16-11-13-7-8-15(13)18-10-9-14(12-18)17(5-2)6-3/h13-16H,4-12H2,1-3H3. The Labute approximate surface area is 113 Å². The van der Waals surface area contributed by atoms with E-state index in [1.165, 1.54) is 52.0 Å². The predicted octanol–water partition coefficient (Wildman–Crippen LogP) is 1.79. The highest BCUT2D eigenvalue weighted by molar-refractivity contribution is 4.95. The van der Waals surface area contributed by atoms with Gasteiger partial charge in [0.05, 0.1) is 0 Å². The van der Waals surface area contributed by atoms with Crippen LogP contribution in [0.15, 0.2) is 0 Å². The Morgan fingerprint density at radius 3 is 2.44 bits per heavy atom. The van der Waals surface area contributed by atoms with E-state index in [-0.39, 0.29) is 0 Å². The van der Waals surface area contributed by atoms with E-state index < -0.39 is 0 Å². The van der Waals surface area contributed by atoms with Crippen molar-refractivity contribution in [1.29, 1.82) is 0 Å². The molecule has 0 aromatic carbocycles. The summed E-state index contributed by atoms with van der Waals surface area (Å²) in [6.45, 7) is 14.2. The van der Waals surface area contributed by atoms with E-state index in [9.17, 15) is 0 Å². The first-order valence-corrected chi connectivity index (χ1v) is 7.98. The van der Waals surface area contributed by atoms with E-state index in [1.54, 1.807) is 0 Å². The van der Waals surface area contributed by atoms with Gasteiger partial charge >= 0.3 is 0 Å². The van der Waals surface area contributed by atoms with Crippen molar-refractivity contribution in [3.8, 4) is 0 Å². The molecule has 0 amide bonds. The summed E-state index contributed by atoms with van der Waals surface area (Å²) in [6, 6.07) is 1.70. The van der Waals surface area contributed by atoms with Crippen LogP contribution in [0, 0.1) is 5.92 Å². The molecule has 0 aromatic heterocycles. The SMILES string of the molecule is CCNCC1CCC1N1CCC(N(CC)CC)C1. The van der Waals surface area contributed by atoms with Gasteiger partial charge in [-0.3, -0.25) is 9.80 Å². The molecule has 2 rings (SSSR count). The molecule has 18 heavy (non-hydrogen) atoms. The van der Waals surface area contributed by atoms with Crippen molar-refractivity contribution >= 4 is 0 Å². The van der Waals surface area contributed by atoms with E-state index in [0.29, 0.717) is 0 Å². The summed E-state index contributed by atoms with van der Waals surface area (Å²) in [7, 11) is 0. The first-order chi connectivity index (χ1) is 8.80. The minimum Gasteiger partial charge on any atom is -0.317 e. The maximum atomic E-state index is 3.52. The summed E-state index contributed by atoms with van der Waals surface area (Å²) in [5, 5.41) is 3.52. The molecule has 2 aliphatic rings. The van der Waals surface area contributed by atoms with Crippen LogP contribution in [0.2, 0.25) is 0 Å². The Kier molecular flexibility index (Phi) is 5.46. The molecule has 3 unspecified atom stereocenters. The lowest BCUT2D eigenvalue weighted by Crippen LogP contribution is -2.50. The fourth-order valence-electron chi connectivity index (χ4n) is 3.71. The molecular weight excluding hydrogens is 222 g/mol. The van der Waals surface area contributed by atoms with Gasteiger partial charge < -0.3 is 5.32 Å². The second-order valence-corrected chi connectivity index (χ2v) is 5.87. The molecular formula is C15H31N3. The fraction of sp³-hybridized carbons (Fsp3) is 1.00. The molecule has 0 bridgehead atoms. The van der Waals surface area contributed by atoms with Gasteiger partial charge in [-0.15, -0.1) is 0 Å². The van der Waals surface area contributed by atoms with Crippen LogP contribution in [0.25, 0.3) is 0 Å². The van der Waals surface area contributed by atoms with E-state index in [2.05, 4.69) is 35.9 Å². The molecule has 1 heterocycles. The molecule has 1 saturated heterocycles. The van der Waals surface area contributed by atoms with E-state index in [0.717, 1.165) is 24.5 Å². The van der Waals surface area contributed by atoms with Crippen LogP contribution in [0.5, 0.6) is 0 Å². The third-order valence-corrected chi connectivity index (χ3v) is 5.03. The maximum Gasteiger partial charge on any atom is 0.0235 e. The van der Waals surface area contributed by atoms with Crippen LogP contribution < -0.4 is 5.32 Å². The highest BCUT2D eigenvalue weighted by Crippen LogP contribution is 2.34. The summed E-state index contributed by atoms with van der Waals surface area (Å²) in [5.41, 5.74) is 0. The lowest BCUT2D eigenvalue weighted by molar-refractivity contribution is 0.0743. The van der Waals surface area contributed by atoms with Crippen molar-refractivity contribution in [2.75, 3.05) is 39.3 Å². The molecule has 3 heteroatoms. The van der Waals surface area contributed by atoms with Crippen molar-refractivity contribution < 1.29 is 0 Å². The van der Waals surface area contributed by atoms with Crippen LogP contribution in [-0.2, 0) is 0 Å². The van der Waals surface area contributed by atoms with Gasteiger partial charge in [-0.2, -0.15) is 0 Å². The van der Waals surface area contributed by atoms with Gasteiger partial charge in [0.15, 0.2) is 0 Å². The topological polar surface area (TPSA) is 18.5 Å². The Hall–Kier alpha value is -0.120. The summed E-state index contributed by atoms with van der Waals surface area (Å²) in [6.07, 6.45) is 4.25. The van der Waals surface area contributed by atoms with Gasteiger partial charge in [0.2, 0.25) is 0 Å². The maximum absolute atomic E-state index is 3.52. The smallest absolute Gasteiger partial charge is 0.0235 e. The third-order valence-electron chi connectivity index (χ3n) is 5.03. The van der Waals surface area contributed by atoms with Gasteiger partial charge in [0.25, 0.3) is 0 Å². The molecule has 2 fully saturated rings. The summed E-state index contributed by atoms with van der Waals surface area (Å²) >= 11 is 0. The number of nitrogens with one attached hydrogen (secondary N) is 1. The number of hydrogen-bond acceptors (Lipinski definition) is 3. The van der Waals surface area contributed by atoms with E-state index in [4.69, 9.17) is 0 Å². The minimum absolute atomic E-state index is 0.820. The third kappa shape index (κ3) is 3.06. The monoisotopic (exact) mass is 253 g/mol. The van der Waals surface area contributed by atoms with Gasteiger partial charge in [-0.25, -0.2) is 0 Å².